The highest BCUT2D eigenvalue weighted by molar-refractivity contribution is 5.77. The van der Waals surface area contributed by atoms with Crippen LogP contribution >= 0.6 is 0 Å². The monoisotopic (exact) mass is 298 g/mol. The Hall–Kier alpha value is -1.69. The molecule has 21 heavy (non-hydrogen) atoms. The molecule has 1 aromatic rings. The van der Waals surface area contributed by atoms with Gasteiger partial charge in [-0.25, -0.2) is 0 Å². The second-order valence-corrected chi connectivity index (χ2v) is 5.74. The molecule has 0 bridgehead atoms. The van der Waals surface area contributed by atoms with Gasteiger partial charge in [0.05, 0.1) is 6.54 Å². The predicted octanol–water partition coefficient (Wildman–Crippen LogP) is 2.34. The van der Waals surface area contributed by atoms with Crippen LogP contribution in [0.15, 0.2) is 18.2 Å². The summed E-state index contributed by atoms with van der Waals surface area (Å²) in [6.45, 7) is 3.37. The molecule has 6 heteroatoms. The van der Waals surface area contributed by atoms with E-state index in [1.807, 2.05) is 13.8 Å². The highest BCUT2D eigenvalue weighted by Crippen LogP contribution is 2.37. The highest BCUT2D eigenvalue weighted by atomic mass is 19.3. The Morgan fingerprint density at radius 2 is 2.05 bits per heavy atom. The summed E-state index contributed by atoms with van der Waals surface area (Å²) >= 11 is 0. The first-order valence-corrected chi connectivity index (χ1v) is 6.86. The Morgan fingerprint density at radius 3 is 2.62 bits per heavy atom. The molecule has 2 N–H and O–H groups in total. The number of nitrogens with zero attached hydrogens (tertiary/aromatic N) is 1. The minimum Gasteiger partial charge on any atom is -0.399 e. The van der Waals surface area contributed by atoms with Crippen molar-refractivity contribution in [2.24, 2.45) is 0 Å². The van der Waals surface area contributed by atoms with Crippen molar-refractivity contribution < 1.29 is 18.3 Å². The number of morpholine rings is 1. The fraction of sp³-hybridized carbons (Fsp3) is 0.533. The Labute approximate surface area is 122 Å². The van der Waals surface area contributed by atoms with Gasteiger partial charge in [0.1, 0.15) is 12.7 Å². The summed E-state index contributed by atoms with van der Waals surface area (Å²) in [5.41, 5.74) is 6.62. The molecule has 1 amide bonds. The summed E-state index contributed by atoms with van der Waals surface area (Å²) in [6, 6.07) is 4.42. The van der Waals surface area contributed by atoms with Crippen molar-refractivity contribution in [3.63, 3.8) is 0 Å². The molecule has 1 aromatic carbocycles. The van der Waals surface area contributed by atoms with Crippen molar-refractivity contribution in [2.45, 2.75) is 31.8 Å². The number of amides is 1. The van der Waals surface area contributed by atoms with Gasteiger partial charge < -0.3 is 15.4 Å². The van der Waals surface area contributed by atoms with Crippen molar-refractivity contribution in [1.29, 1.82) is 0 Å². The molecule has 1 heterocycles. The zero-order chi connectivity index (χ0) is 15.8. The number of alkyl halides is 2. The number of nitrogens with two attached hydrogens (primary N) is 1. The second kappa shape index (κ2) is 5.60. The van der Waals surface area contributed by atoms with Crippen LogP contribution in [0.2, 0.25) is 0 Å². The summed E-state index contributed by atoms with van der Waals surface area (Å²) in [6.07, 6.45) is -1.36. The number of halogens is 2. The van der Waals surface area contributed by atoms with E-state index >= 15 is 0 Å². The maximum atomic E-state index is 14.6. The van der Waals surface area contributed by atoms with E-state index in [1.165, 1.54) is 24.1 Å². The molecule has 0 aromatic heterocycles. The summed E-state index contributed by atoms with van der Waals surface area (Å²) in [5, 5.41) is 0. The average Bonchev–Trinajstić information content (AvgIpc) is 2.41. The number of carbonyl (C=O) groups excluding carboxylic acids is 1. The molecule has 0 radical (unpaired) electrons. The largest absolute Gasteiger partial charge is 0.399 e. The van der Waals surface area contributed by atoms with E-state index in [9.17, 15) is 13.6 Å². The maximum absolute atomic E-state index is 14.6. The van der Waals surface area contributed by atoms with Gasteiger partial charge in [-0.3, -0.25) is 4.79 Å². The average molecular weight is 298 g/mol. The molecular formula is C15H20F2N2O2. The molecule has 1 atom stereocenters. The van der Waals surface area contributed by atoms with Gasteiger partial charge in [-0.15, -0.1) is 0 Å². The van der Waals surface area contributed by atoms with Gasteiger partial charge in [-0.2, -0.15) is 8.78 Å². The number of carbonyl (C=O) groups is 1. The topological polar surface area (TPSA) is 55.6 Å². The Bertz CT molecular complexity index is 546. The molecule has 2 rings (SSSR count). The minimum absolute atomic E-state index is 0.0968. The van der Waals surface area contributed by atoms with E-state index in [0.29, 0.717) is 5.69 Å². The van der Waals surface area contributed by atoms with Crippen LogP contribution in [0, 0.1) is 0 Å². The first-order valence-electron chi connectivity index (χ1n) is 6.86. The normalized spacial score (nSPS) is 20.2. The fourth-order valence-corrected chi connectivity index (χ4v) is 2.29. The van der Waals surface area contributed by atoms with Gasteiger partial charge in [0.15, 0.2) is 0 Å². The third kappa shape index (κ3) is 3.15. The summed E-state index contributed by atoms with van der Waals surface area (Å²) in [7, 11) is 1.49. The van der Waals surface area contributed by atoms with Crippen molar-refractivity contribution in [2.75, 3.05) is 25.9 Å². The first-order chi connectivity index (χ1) is 9.71. The number of benzene rings is 1. The van der Waals surface area contributed by atoms with Crippen molar-refractivity contribution in [3.8, 4) is 0 Å². The lowest BCUT2D eigenvalue weighted by Crippen LogP contribution is -2.50. The number of nitrogen functional groups attached to an aromatic ring is 1. The third-order valence-corrected chi connectivity index (χ3v) is 3.71. The van der Waals surface area contributed by atoms with Gasteiger partial charge in [0.2, 0.25) is 5.91 Å². The van der Waals surface area contributed by atoms with E-state index < -0.39 is 12.0 Å². The SMILES string of the molecule is CC(C)c1cc(N)cc(C(F)(F)C2CN(C)C(=O)CO2)c1. The number of likely N-dealkylation sites (N-methyl/N-ethyl adjacent to an activating group) is 1. The molecule has 1 aliphatic rings. The molecule has 0 saturated carbocycles. The van der Waals surface area contributed by atoms with E-state index in [2.05, 4.69) is 0 Å². The van der Waals surface area contributed by atoms with Crippen LogP contribution < -0.4 is 5.73 Å². The van der Waals surface area contributed by atoms with Crippen LogP contribution in [-0.4, -0.2) is 37.1 Å². The molecule has 0 aliphatic carbocycles. The molecule has 4 nitrogen and oxygen atoms in total. The Kier molecular flexibility index (Phi) is 4.18. The zero-order valence-corrected chi connectivity index (χ0v) is 12.4. The van der Waals surface area contributed by atoms with Crippen LogP contribution in [0.4, 0.5) is 14.5 Å². The van der Waals surface area contributed by atoms with Gasteiger partial charge >= 0.3 is 5.92 Å². The Balaban J connectivity index is 2.32. The second-order valence-electron chi connectivity index (χ2n) is 5.74. The fourth-order valence-electron chi connectivity index (χ4n) is 2.29. The van der Waals surface area contributed by atoms with Gasteiger partial charge in [0.25, 0.3) is 0 Å². The van der Waals surface area contributed by atoms with Crippen LogP contribution in [0.25, 0.3) is 0 Å². The standard InChI is InChI=1S/C15H20F2N2O2/c1-9(2)10-4-11(6-12(18)5-10)15(16,17)13-7-19(3)14(20)8-21-13/h4-6,9,13H,7-8,18H2,1-3H3. The van der Waals surface area contributed by atoms with Crippen LogP contribution in [0.5, 0.6) is 0 Å². The lowest BCUT2D eigenvalue weighted by atomic mass is 9.94. The molecule has 1 unspecified atom stereocenters. The van der Waals surface area contributed by atoms with Crippen molar-refractivity contribution >= 4 is 11.6 Å². The molecule has 1 saturated heterocycles. The number of hydrogen-bond acceptors (Lipinski definition) is 3. The maximum Gasteiger partial charge on any atom is 0.300 e. The van der Waals surface area contributed by atoms with E-state index in [-0.39, 0.29) is 30.5 Å². The molecule has 1 fully saturated rings. The molecule has 1 aliphatic heterocycles. The predicted molar refractivity (Wildman–Crippen MR) is 76.2 cm³/mol. The van der Waals surface area contributed by atoms with E-state index in [4.69, 9.17) is 10.5 Å². The van der Waals surface area contributed by atoms with Crippen LogP contribution in [-0.2, 0) is 15.5 Å². The molecular weight excluding hydrogens is 278 g/mol. The lowest BCUT2D eigenvalue weighted by molar-refractivity contribution is -0.182. The van der Waals surface area contributed by atoms with Gasteiger partial charge in [0, 0.05) is 18.3 Å². The van der Waals surface area contributed by atoms with E-state index in [1.54, 1.807) is 6.07 Å². The summed E-state index contributed by atoms with van der Waals surface area (Å²) in [5.74, 6) is -3.40. The van der Waals surface area contributed by atoms with E-state index in [0.717, 1.165) is 5.56 Å². The van der Waals surface area contributed by atoms with Gasteiger partial charge in [-0.1, -0.05) is 13.8 Å². The quantitative estimate of drug-likeness (QED) is 0.871. The smallest absolute Gasteiger partial charge is 0.300 e. The molecule has 116 valence electrons. The lowest BCUT2D eigenvalue weighted by Gasteiger charge is -2.35. The number of rotatable bonds is 3. The number of hydrogen-bond donors (Lipinski definition) is 1. The number of ether oxygens (including phenoxy) is 1. The van der Waals surface area contributed by atoms with Crippen molar-refractivity contribution in [3.05, 3.63) is 29.3 Å². The van der Waals surface area contributed by atoms with Crippen molar-refractivity contribution in [1.82, 2.24) is 4.90 Å². The van der Waals surface area contributed by atoms with Crippen LogP contribution in [0.1, 0.15) is 30.9 Å². The summed E-state index contributed by atoms with van der Waals surface area (Å²) in [4.78, 5) is 12.6. The third-order valence-electron chi connectivity index (χ3n) is 3.71. The molecule has 0 spiro atoms. The van der Waals surface area contributed by atoms with Gasteiger partial charge in [-0.05, 0) is 29.7 Å². The first kappa shape index (κ1) is 15.7. The zero-order valence-electron chi connectivity index (χ0n) is 12.4. The minimum atomic E-state index is -3.20. The summed E-state index contributed by atoms with van der Waals surface area (Å²) < 4.78 is 34.3. The Morgan fingerprint density at radius 1 is 1.38 bits per heavy atom. The number of anilines is 1. The highest BCUT2D eigenvalue weighted by Gasteiger charge is 2.45. The van der Waals surface area contributed by atoms with Crippen LogP contribution in [0.3, 0.4) is 0 Å².